The molecule has 3 aromatic carbocycles. The van der Waals surface area contributed by atoms with E-state index in [2.05, 4.69) is 41.0 Å². The second-order valence-electron chi connectivity index (χ2n) is 9.02. The molecule has 1 unspecified atom stereocenters. The minimum absolute atomic E-state index is 0.0118. The smallest absolute Gasteiger partial charge is 0.328 e. The maximum Gasteiger partial charge on any atom is 0.328 e. The van der Waals surface area contributed by atoms with Crippen molar-refractivity contribution in [2.45, 2.75) is 50.1 Å². The predicted octanol–water partition coefficient (Wildman–Crippen LogP) is 3.71. The number of nitrogens with one attached hydrogen (secondary N) is 2. The van der Waals surface area contributed by atoms with Gasteiger partial charge in [0, 0.05) is 24.8 Å². The number of amides is 2. The van der Waals surface area contributed by atoms with Gasteiger partial charge in [-0.25, -0.2) is 4.79 Å². The Morgan fingerprint density at radius 2 is 1.74 bits per heavy atom. The number of carbonyl (C=O) groups is 3. The number of hydrogen-bond acceptors (Lipinski definition) is 4. The van der Waals surface area contributed by atoms with Gasteiger partial charge in [-0.2, -0.15) is 0 Å². The molecule has 4 rings (SSSR count). The lowest BCUT2D eigenvalue weighted by molar-refractivity contribution is -0.145. The van der Waals surface area contributed by atoms with Gasteiger partial charge in [0.25, 0.3) is 0 Å². The molecule has 0 spiro atoms. The van der Waals surface area contributed by atoms with Gasteiger partial charge in [0.05, 0.1) is 7.11 Å². The minimum atomic E-state index is -0.755. The maximum atomic E-state index is 12.8. The zero-order valence-electron chi connectivity index (χ0n) is 19.4. The van der Waals surface area contributed by atoms with E-state index in [1.54, 1.807) is 0 Å². The molecule has 176 valence electrons. The molecule has 6 heteroatoms. The molecule has 2 amide bonds. The molecule has 1 fully saturated rings. The van der Waals surface area contributed by atoms with Crippen LogP contribution < -0.4 is 10.6 Å². The summed E-state index contributed by atoms with van der Waals surface area (Å²) in [4.78, 5) is 37.3. The molecular weight excluding hydrogens is 428 g/mol. The molecule has 34 heavy (non-hydrogen) atoms. The molecule has 3 aromatic rings. The summed E-state index contributed by atoms with van der Waals surface area (Å²) in [6.45, 7) is 0. The predicted molar refractivity (Wildman–Crippen MR) is 131 cm³/mol. The summed E-state index contributed by atoms with van der Waals surface area (Å²) < 4.78 is 4.90. The molecule has 0 aromatic heterocycles. The molecule has 1 aliphatic rings. The fourth-order valence-electron chi connectivity index (χ4n) is 4.73. The highest BCUT2D eigenvalue weighted by Gasteiger charge is 2.38. The molecule has 1 aliphatic heterocycles. The molecule has 0 aliphatic carbocycles. The van der Waals surface area contributed by atoms with E-state index in [0.29, 0.717) is 32.1 Å². The van der Waals surface area contributed by atoms with Crippen LogP contribution in [-0.2, 0) is 32.0 Å². The van der Waals surface area contributed by atoms with E-state index in [1.165, 1.54) is 12.5 Å². The van der Waals surface area contributed by atoms with Gasteiger partial charge >= 0.3 is 5.97 Å². The lowest BCUT2D eigenvalue weighted by Crippen LogP contribution is -2.46. The van der Waals surface area contributed by atoms with Crippen LogP contribution in [0.15, 0.2) is 72.8 Å². The first kappa shape index (κ1) is 23.5. The van der Waals surface area contributed by atoms with Crippen LogP contribution in [0, 0.1) is 0 Å². The Bertz CT molecular complexity index is 1180. The normalized spacial score (nSPS) is 18.3. The van der Waals surface area contributed by atoms with E-state index in [-0.39, 0.29) is 18.2 Å². The summed E-state index contributed by atoms with van der Waals surface area (Å²) in [6, 6.07) is 23.3. The van der Waals surface area contributed by atoms with Gasteiger partial charge < -0.3 is 15.4 Å². The highest BCUT2D eigenvalue weighted by atomic mass is 16.5. The van der Waals surface area contributed by atoms with Crippen LogP contribution in [0.3, 0.4) is 0 Å². The Morgan fingerprint density at radius 3 is 2.44 bits per heavy atom. The minimum Gasteiger partial charge on any atom is -0.467 e. The molecule has 0 bridgehead atoms. The van der Waals surface area contributed by atoms with Crippen LogP contribution in [-0.4, -0.2) is 36.5 Å². The molecule has 6 nitrogen and oxygen atoms in total. The van der Waals surface area contributed by atoms with Crippen molar-refractivity contribution in [3.8, 4) is 0 Å². The quantitative estimate of drug-likeness (QED) is 0.479. The van der Waals surface area contributed by atoms with Crippen molar-refractivity contribution in [1.82, 2.24) is 10.6 Å². The fourth-order valence-corrected chi connectivity index (χ4v) is 4.73. The fraction of sp³-hybridized carbons (Fsp3) is 0.321. The first-order valence-electron chi connectivity index (χ1n) is 11.7. The van der Waals surface area contributed by atoms with E-state index in [9.17, 15) is 14.4 Å². The van der Waals surface area contributed by atoms with Crippen molar-refractivity contribution >= 4 is 28.6 Å². The van der Waals surface area contributed by atoms with Crippen LogP contribution in [0.2, 0.25) is 0 Å². The summed E-state index contributed by atoms with van der Waals surface area (Å²) in [7, 11) is 1.32. The summed E-state index contributed by atoms with van der Waals surface area (Å²) in [6.07, 6.45) is 2.84. The summed E-state index contributed by atoms with van der Waals surface area (Å²) >= 11 is 0. The largest absolute Gasteiger partial charge is 0.467 e. The van der Waals surface area contributed by atoms with Crippen LogP contribution in [0.25, 0.3) is 10.8 Å². The number of rotatable bonds is 9. The van der Waals surface area contributed by atoms with Gasteiger partial charge in [0.15, 0.2) is 0 Å². The van der Waals surface area contributed by atoms with Gasteiger partial charge in [-0.1, -0.05) is 72.8 Å². The lowest BCUT2D eigenvalue weighted by atomic mass is 9.84. The van der Waals surface area contributed by atoms with E-state index < -0.39 is 17.6 Å². The van der Waals surface area contributed by atoms with Crippen molar-refractivity contribution in [1.29, 1.82) is 0 Å². The van der Waals surface area contributed by atoms with Crippen LogP contribution in [0.5, 0.6) is 0 Å². The third kappa shape index (κ3) is 5.81. The maximum absolute atomic E-state index is 12.8. The highest BCUT2D eigenvalue weighted by Crippen LogP contribution is 2.30. The van der Waals surface area contributed by atoms with Crippen LogP contribution >= 0.6 is 0 Å². The molecule has 0 saturated carbocycles. The van der Waals surface area contributed by atoms with Crippen molar-refractivity contribution in [2.75, 3.05) is 7.11 Å². The Kier molecular flexibility index (Phi) is 7.26. The number of esters is 1. The topological polar surface area (TPSA) is 84.5 Å². The van der Waals surface area contributed by atoms with Gasteiger partial charge in [-0.3, -0.25) is 9.59 Å². The van der Waals surface area contributed by atoms with E-state index in [1.807, 2.05) is 42.5 Å². The molecular formula is C28H30N2O4. The van der Waals surface area contributed by atoms with Crippen molar-refractivity contribution in [2.24, 2.45) is 0 Å². The lowest BCUT2D eigenvalue weighted by Gasteiger charge is -2.30. The molecule has 2 atom stereocenters. The average Bonchev–Trinajstić information content (AvgIpc) is 3.22. The van der Waals surface area contributed by atoms with E-state index in [0.717, 1.165) is 16.5 Å². The molecule has 0 radical (unpaired) electrons. The number of ether oxygens (including phenoxy) is 1. The summed E-state index contributed by atoms with van der Waals surface area (Å²) in [5.74, 6) is -0.694. The zero-order valence-corrected chi connectivity index (χ0v) is 19.4. The summed E-state index contributed by atoms with van der Waals surface area (Å²) in [5, 5.41) is 8.29. The van der Waals surface area contributed by atoms with Crippen molar-refractivity contribution in [3.63, 3.8) is 0 Å². The van der Waals surface area contributed by atoms with E-state index in [4.69, 9.17) is 4.74 Å². The third-order valence-electron chi connectivity index (χ3n) is 6.53. The monoisotopic (exact) mass is 458 g/mol. The second-order valence-corrected chi connectivity index (χ2v) is 9.02. The summed E-state index contributed by atoms with van der Waals surface area (Å²) in [5.41, 5.74) is 1.59. The second kappa shape index (κ2) is 10.5. The van der Waals surface area contributed by atoms with Crippen molar-refractivity contribution < 1.29 is 19.1 Å². The first-order chi connectivity index (χ1) is 16.5. The Labute approximate surface area is 199 Å². The Hall–Kier alpha value is -3.67. The number of fused-ring (bicyclic) bond motifs is 1. The molecule has 1 heterocycles. The van der Waals surface area contributed by atoms with Gasteiger partial charge in [0.2, 0.25) is 11.8 Å². The van der Waals surface area contributed by atoms with Gasteiger partial charge in [0.1, 0.15) is 6.04 Å². The van der Waals surface area contributed by atoms with Crippen LogP contribution in [0.1, 0.15) is 36.8 Å². The number of carbonyl (C=O) groups excluding carboxylic acids is 3. The third-order valence-corrected chi connectivity index (χ3v) is 6.53. The SMILES string of the molecule is COC(=O)[C@H](Cc1ccccc1)NC(=O)CCC1(Cc2ccc3ccccc3c2)CCC(=O)N1. The number of methoxy groups -OCH3 is 1. The van der Waals surface area contributed by atoms with Crippen molar-refractivity contribution in [3.05, 3.63) is 83.9 Å². The van der Waals surface area contributed by atoms with Crippen LogP contribution in [0.4, 0.5) is 0 Å². The number of benzene rings is 3. The average molecular weight is 459 g/mol. The standard InChI is InChI=1S/C28H30N2O4/c1-34-27(33)24(18-20-7-3-2-4-8-20)29-25(31)13-15-28(16-14-26(32)30-28)19-21-11-12-22-9-5-6-10-23(22)17-21/h2-12,17,24H,13-16,18-19H2,1H3,(H,29,31)(H,30,32)/t24-,28?/m0/s1. The van der Waals surface area contributed by atoms with Gasteiger partial charge in [-0.15, -0.1) is 0 Å². The van der Waals surface area contributed by atoms with Gasteiger partial charge in [-0.05, 0) is 41.2 Å². The Morgan fingerprint density at radius 1 is 1.00 bits per heavy atom. The first-order valence-corrected chi connectivity index (χ1v) is 11.7. The zero-order chi connectivity index (χ0) is 24.0. The Balaban J connectivity index is 1.43. The molecule has 1 saturated heterocycles. The van der Waals surface area contributed by atoms with E-state index >= 15 is 0 Å². The highest BCUT2D eigenvalue weighted by molar-refractivity contribution is 5.85. The molecule has 2 N–H and O–H groups in total. The number of hydrogen-bond donors (Lipinski definition) is 2.